The maximum Gasteiger partial charge on any atom is 0.215 e. The van der Waals surface area contributed by atoms with Gasteiger partial charge in [0.05, 0.1) is 12.4 Å². The van der Waals surface area contributed by atoms with Crippen LogP contribution in [0.5, 0.6) is 5.75 Å². The zero-order valence-corrected chi connectivity index (χ0v) is 16.7. The molecule has 0 aliphatic carbocycles. The minimum Gasteiger partial charge on any atom is -0.493 e. The second kappa shape index (κ2) is 9.78. The molecule has 0 fully saturated rings. The van der Waals surface area contributed by atoms with E-state index in [1.54, 1.807) is 7.05 Å². The quantitative estimate of drug-likeness (QED) is 0.492. The monoisotopic (exact) mass is 382 g/mol. The maximum atomic E-state index is 12.2. The zero-order valence-electron chi connectivity index (χ0n) is 15.9. The Balaban J connectivity index is 1.74. The van der Waals surface area contributed by atoms with E-state index in [1.807, 2.05) is 19.9 Å². The molecular formula is C18H30N4O3S. The van der Waals surface area contributed by atoms with Crippen LogP contribution in [0.2, 0.25) is 0 Å². The highest BCUT2D eigenvalue weighted by atomic mass is 32.2. The standard InChI is InChI=1S/C18H30N4O3S/c1-4-22(5-2)26(23,24)13-11-21-18(19-3)20-10-8-15-6-7-17-16(14-15)9-12-25-17/h6-7,14H,4-5,8-13H2,1-3H3,(H2,19,20,21). The van der Waals surface area contributed by atoms with Crippen molar-refractivity contribution in [2.45, 2.75) is 26.7 Å². The van der Waals surface area contributed by atoms with E-state index in [0.717, 1.165) is 31.7 Å². The number of hydrogen-bond acceptors (Lipinski definition) is 4. The number of sulfonamides is 1. The Kier molecular flexibility index (Phi) is 7.71. The smallest absolute Gasteiger partial charge is 0.215 e. The highest BCUT2D eigenvalue weighted by molar-refractivity contribution is 7.89. The Hall–Kier alpha value is -1.80. The third-order valence-electron chi connectivity index (χ3n) is 4.43. The molecule has 8 heteroatoms. The SMILES string of the molecule is CCN(CC)S(=O)(=O)CCNC(=NC)NCCc1ccc2c(c1)CCO2. The van der Waals surface area contributed by atoms with E-state index in [2.05, 4.69) is 27.8 Å². The lowest BCUT2D eigenvalue weighted by molar-refractivity contribution is 0.357. The molecule has 0 saturated heterocycles. The van der Waals surface area contributed by atoms with E-state index in [-0.39, 0.29) is 5.75 Å². The molecule has 26 heavy (non-hydrogen) atoms. The minimum atomic E-state index is -3.22. The van der Waals surface area contributed by atoms with Gasteiger partial charge in [0.1, 0.15) is 5.75 Å². The Morgan fingerprint density at radius 1 is 1.23 bits per heavy atom. The summed E-state index contributed by atoms with van der Waals surface area (Å²) in [6.45, 7) is 6.51. The third-order valence-corrected chi connectivity index (χ3v) is 6.46. The molecule has 1 aromatic rings. The molecule has 146 valence electrons. The van der Waals surface area contributed by atoms with Crippen molar-refractivity contribution in [2.75, 3.05) is 45.6 Å². The number of aliphatic imine (C=N–C) groups is 1. The van der Waals surface area contributed by atoms with Gasteiger partial charge in [0.2, 0.25) is 10.0 Å². The van der Waals surface area contributed by atoms with Gasteiger partial charge in [0, 0.05) is 39.6 Å². The van der Waals surface area contributed by atoms with Crippen LogP contribution in [0.25, 0.3) is 0 Å². The fourth-order valence-electron chi connectivity index (χ4n) is 2.99. The number of guanidine groups is 1. The summed E-state index contributed by atoms with van der Waals surface area (Å²) in [6.07, 6.45) is 1.84. The Bertz CT molecular complexity index is 715. The molecule has 2 N–H and O–H groups in total. The fraction of sp³-hybridized carbons (Fsp3) is 0.611. The van der Waals surface area contributed by atoms with Crippen LogP contribution >= 0.6 is 0 Å². The van der Waals surface area contributed by atoms with Crippen molar-refractivity contribution in [3.63, 3.8) is 0 Å². The van der Waals surface area contributed by atoms with Crippen LogP contribution in [0.3, 0.4) is 0 Å². The first kappa shape index (κ1) is 20.5. The topological polar surface area (TPSA) is 83.0 Å². The lowest BCUT2D eigenvalue weighted by Crippen LogP contribution is -2.42. The third kappa shape index (κ3) is 5.60. The van der Waals surface area contributed by atoms with Crippen LogP contribution in [-0.2, 0) is 22.9 Å². The number of nitrogens with zero attached hydrogens (tertiary/aromatic N) is 2. The molecule has 1 aromatic carbocycles. The van der Waals surface area contributed by atoms with E-state index in [9.17, 15) is 8.42 Å². The van der Waals surface area contributed by atoms with E-state index in [0.29, 0.717) is 25.6 Å². The second-order valence-corrected chi connectivity index (χ2v) is 8.21. The molecule has 1 aliphatic heterocycles. The number of ether oxygens (including phenoxy) is 1. The summed E-state index contributed by atoms with van der Waals surface area (Å²) in [5, 5.41) is 6.30. The summed E-state index contributed by atoms with van der Waals surface area (Å²) < 4.78 is 31.3. The van der Waals surface area contributed by atoms with Crippen molar-refractivity contribution in [3.05, 3.63) is 29.3 Å². The number of rotatable bonds is 9. The summed E-state index contributed by atoms with van der Waals surface area (Å²) in [5.41, 5.74) is 2.52. The van der Waals surface area contributed by atoms with Crippen LogP contribution in [-0.4, -0.2) is 64.3 Å². The van der Waals surface area contributed by atoms with Crippen molar-refractivity contribution in [1.82, 2.24) is 14.9 Å². The Labute approximate surface area is 156 Å². The van der Waals surface area contributed by atoms with Gasteiger partial charge in [-0.2, -0.15) is 0 Å². The Morgan fingerprint density at radius 2 is 1.96 bits per heavy atom. The van der Waals surface area contributed by atoms with Gasteiger partial charge >= 0.3 is 0 Å². The predicted octanol–water partition coefficient (Wildman–Crippen LogP) is 1.00. The number of hydrogen-bond donors (Lipinski definition) is 2. The normalized spacial score (nSPS) is 14.2. The van der Waals surface area contributed by atoms with Crippen LogP contribution < -0.4 is 15.4 Å². The number of nitrogens with one attached hydrogen (secondary N) is 2. The average Bonchev–Trinajstić information content (AvgIpc) is 3.08. The van der Waals surface area contributed by atoms with Gasteiger partial charge in [0.15, 0.2) is 5.96 Å². The molecule has 0 bridgehead atoms. The van der Waals surface area contributed by atoms with Crippen LogP contribution in [0.1, 0.15) is 25.0 Å². The summed E-state index contributed by atoms with van der Waals surface area (Å²) in [5.74, 6) is 1.66. The van der Waals surface area contributed by atoms with Crippen molar-refractivity contribution >= 4 is 16.0 Å². The van der Waals surface area contributed by atoms with Gasteiger partial charge in [-0.25, -0.2) is 12.7 Å². The van der Waals surface area contributed by atoms with Crippen LogP contribution in [0.4, 0.5) is 0 Å². The lowest BCUT2D eigenvalue weighted by Gasteiger charge is -2.19. The molecule has 0 atom stereocenters. The highest BCUT2D eigenvalue weighted by Gasteiger charge is 2.18. The molecule has 0 radical (unpaired) electrons. The first-order valence-corrected chi connectivity index (χ1v) is 10.8. The van der Waals surface area contributed by atoms with Gasteiger partial charge < -0.3 is 15.4 Å². The first-order chi connectivity index (χ1) is 12.5. The van der Waals surface area contributed by atoms with Crippen molar-refractivity contribution in [1.29, 1.82) is 0 Å². The summed E-state index contributed by atoms with van der Waals surface area (Å²) >= 11 is 0. The van der Waals surface area contributed by atoms with E-state index >= 15 is 0 Å². The van der Waals surface area contributed by atoms with Crippen LogP contribution in [0, 0.1) is 0 Å². The van der Waals surface area contributed by atoms with E-state index in [1.165, 1.54) is 15.4 Å². The fourth-order valence-corrected chi connectivity index (χ4v) is 4.39. The molecule has 0 saturated carbocycles. The van der Waals surface area contributed by atoms with E-state index < -0.39 is 10.0 Å². The van der Waals surface area contributed by atoms with Crippen molar-refractivity contribution in [3.8, 4) is 5.75 Å². The number of fused-ring (bicyclic) bond motifs is 1. The minimum absolute atomic E-state index is 0.0558. The van der Waals surface area contributed by atoms with Gasteiger partial charge in [-0.05, 0) is 23.6 Å². The zero-order chi connectivity index (χ0) is 19.0. The van der Waals surface area contributed by atoms with Crippen LogP contribution in [0.15, 0.2) is 23.2 Å². The van der Waals surface area contributed by atoms with Gasteiger partial charge in [-0.3, -0.25) is 4.99 Å². The van der Waals surface area contributed by atoms with Gasteiger partial charge in [-0.1, -0.05) is 26.0 Å². The number of benzene rings is 1. The second-order valence-electron chi connectivity index (χ2n) is 6.12. The van der Waals surface area contributed by atoms with Gasteiger partial charge in [0.25, 0.3) is 0 Å². The molecule has 2 rings (SSSR count). The molecule has 0 unspecified atom stereocenters. The molecule has 0 spiro atoms. The molecule has 1 aliphatic rings. The van der Waals surface area contributed by atoms with Gasteiger partial charge in [-0.15, -0.1) is 0 Å². The summed E-state index contributed by atoms with van der Waals surface area (Å²) in [6, 6.07) is 6.30. The molecule has 1 heterocycles. The lowest BCUT2D eigenvalue weighted by atomic mass is 10.1. The molecule has 0 aromatic heterocycles. The molecule has 0 amide bonds. The van der Waals surface area contributed by atoms with E-state index in [4.69, 9.17) is 4.74 Å². The van der Waals surface area contributed by atoms with Crippen molar-refractivity contribution in [2.24, 2.45) is 4.99 Å². The first-order valence-electron chi connectivity index (χ1n) is 9.17. The highest BCUT2D eigenvalue weighted by Crippen LogP contribution is 2.25. The summed E-state index contributed by atoms with van der Waals surface area (Å²) in [4.78, 5) is 4.15. The largest absolute Gasteiger partial charge is 0.493 e. The molecular weight excluding hydrogens is 352 g/mol. The maximum absolute atomic E-state index is 12.2. The Morgan fingerprint density at radius 3 is 2.65 bits per heavy atom. The van der Waals surface area contributed by atoms with Crippen molar-refractivity contribution < 1.29 is 13.2 Å². The summed E-state index contributed by atoms with van der Waals surface area (Å²) in [7, 11) is -1.54. The predicted molar refractivity (Wildman–Crippen MR) is 105 cm³/mol. The average molecular weight is 383 g/mol. The molecule has 7 nitrogen and oxygen atoms in total.